The first kappa shape index (κ1) is 12.6. The van der Waals surface area contributed by atoms with Crippen LogP contribution in [-0.2, 0) is 17.6 Å². The van der Waals surface area contributed by atoms with E-state index in [1.54, 1.807) is 11.8 Å². The van der Waals surface area contributed by atoms with E-state index in [1.165, 1.54) is 10.5 Å². The summed E-state index contributed by atoms with van der Waals surface area (Å²) >= 11 is 7.21. The largest absolute Gasteiger partial charge is 0.298 e. The van der Waals surface area contributed by atoms with E-state index >= 15 is 0 Å². The molecule has 0 N–H and O–H groups in total. The molecule has 0 aromatic heterocycles. The molecule has 0 bridgehead atoms. The fourth-order valence-corrected chi connectivity index (χ4v) is 2.06. The van der Waals surface area contributed by atoms with Crippen molar-refractivity contribution in [2.75, 3.05) is 12.1 Å². The zero-order valence-electron chi connectivity index (χ0n) is 9.05. The molecule has 0 fully saturated rings. The van der Waals surface area contributed by atoms with Crippen molar-refractivity contribution in [3.8, 4) is 0 Å². The third-order valence-electron chi connectivity index (χ3n) is 2.33. The molecule has 0 aliphatic carbocycles. The van der Waals surface area contributed by atoms with Crippen LogP contribution < -0.4 is 0 Å². The van der Waals surface area contributed by atoms with Crippen LogP contribution in [0.15, 0.2) is 23.1 Å². The third-order valence-corrected chi connectivity index (χ3v) is 3.35. The lowest BCUT2D eigenvalue weighted by Crippen LogP contribution is -2.06. The summed E-state index contributed by atoms with van der Waals surface area (Å²) < 4.78 is 0. The van der Waals surface area contributed by atoms with E-state index < -0.39 is 0 Å². The number of aryl methyl sites for hydroxylation is 1. The molecule has 1 nitrogen and oxygen atoms in total. The van der Waals surface area contributed by atoms with Gasteiger partial charge in [-0.1, -0.05) is 13.0 Å². The number of carbonyl (C=O) groups excluding carboxylic acids is 1. The smallest absolute Gasteiger partial charge is 0.151 e. The Morgan fingerprint density at radius 3 is 2.67 bits per heavy atom. The zero-order valence-corrected chi connectivity index (χ0v) is 10.6. The Kier molecular flexibility index (Phi) is 5.20. The van der Waals surface area contributed by atoms with Crippen LogP contribution in [0.2, 0.25) is 0 Å². The minimum Gasteiger partial charge on any atom is -0.298 e. The summed E-state index contributed by atoms with van der Waals surface area (Å²) in [4.78, 5) is 12.5. The molecule has 15 heavy (non-hydrogen) atoms. The van der Waals surface area contributed by atoms with E-state index in [9.17, 15) is 4.79 Å². The number of thioether (sulfide) groups is 1. The van der Waals surface area contributed by atoms with E-state index in [4.69, 9.17) is 11.6 Å². The molecule has 0 spiro atoms. The topological polar surface area (TPSA) is 17.1 Å². The first-order valence-corrected chi connectivity index (χ1v) is 6.70. The zero-order chi connectivity index (χ0) is 11.3. The summed E-state index contributed by atoms with van der Waals surface area (Å²) in [5, 5.41) is 0. The molecule has 82 valence electrons. The highest BCUT2D eigenvalue weighted by atomic mass is 35.5. The Balaban J connectivity index is 2.95. The minimum atomic E-state index is 0.0876. The second-order valence-electron chi connectivity index (χ2n) is 3.34. The fraction of sp³-hybridized carbons (Fsp3) is 0.417. The Hall–Kier alpha value is -0.470. The SMILES string of the molecule is CCc1ccc(SC)cc1CC(=O)CCl. The quantitative estimate of drug-likeness (QED) is 0.582. The Labute approximate surface area is 100 Å². The van der Waals surface area contributed by atoms with E-state index in [0.717, 1.165) is 12.0 Å². The summed E-state index contributed by atoms with van der Waals surface area (Å²) in [5.74, 6) is 0.191. The molecule has 0 atom stereocenters. The monoisotopic (exact) mass is 242 g/mol. The van der Waals surface area contributed by atoms with Crippen molar-refractivity contribution in [2.45, 2.75) is 24.7 Å². The average molecular weight is 243 g/mol. The molecular formula is C12H15ClOS. The molecule has 0 heterocycles. The van der Waals surface area contributed by atoms with Crippen molar-refractivity contribution in [3.63, 3.8) is 0 Å². The summed E-state index contributed by atoms with van der Waals surface area (Å²) in [6.45, 7) is 2.10. The van der Waals surface area contributed by atoms with Crippen molar-refractivity contribution < 1.29 is 4.79 Å². The number of halogens is 1. The average Bonchev–Trinajstić information content (AvgIpc) is 2.28. The van der Waals surface area contributed by atoms with Gasteiger partial charge in [-0.2, -0.15) is 0 Å². The van der Waals surface area contributed by atoms with Gasteiger partial charge in [0.05, 0.1) is 5.88 Å². The second kappa shape index (κ2) is 6.19. The van der Waals surface area contributed by atoms with E-state index in [2.05, 4.69) is 25.1 Å². The summed E-state index contributed by atoms with van der Waals surface area (Å²) in [5.41, 5.74) is 2.36. The van der Waals surface area contributed by atoms with Crippen LogP contribution in [0.3, 0.4) is 0 Å². The first-order chi connectivity index (χ1) is 7.21. The van der Waals surface area contributed by atoms with E-state index in [-0.39, 0.29) is 11.7 Å². The van der Waals surface area contributed by atoms with Crippen molar-refractivity contribution in [2.24, 2.45) is 0 Å². The highest BCUT2D eigenvalue weighted by molar-refractivity contribution is 7.98. The fourth-order valence-electron chi connectivity index (χ4n) is 1.50. The Bertz CT molecular complexity index is 349. The standard InChI is InChI=1S/C12H15ClOS/c1-3-9-4-5-12(15-2)7-10(9)6-11(14)8-13/h4-5,7H,3,6,8H2,1-2H3. The Morgan fingerprint density at radius 2 is 2.13 bits per heavy atom. The van der Waals surface area contributed by atoms with Crippen LogP contribution >= 0.6 is 23.4 Å². The number of benzene rings is 1. The van der Waals surface area contributed by atoms with Crippen molar-refractivity contribution in [3.05, 3.63) is 29.3 Å². The second-order valence-corrected chi connectivity index (χ2v) is 4.48. The van der Waals surface area contributed by atoms with Crippen LogP contribution in [0.4, 0.5) is 0 Å². The Morgan fingerprint density at radius 1 is 1.40 bits per heavy atom. The van der Waals surface area contributed by atoms with Gasteiger partial charge in [-0.15, -0.1) is 23.4 Å². The molecule has 1 aromatic rings. The summed E-state index contributed by atoms with van der Waals surface area (Å²) in [7, 11) is 0. The van der Waals surface area contributed by atoms with Gasteiger partial charge in [0.2, 0.25) is 0 Å². The normalized spacial score (nSPS) is 10.3. The van der Waals surface area contributed by atoms with Crippen LogP contribution in [0.25, 0.3) is 0 Å². The third kappa shape index (κ3) is 3.54. The van der Waals surface area contributed by atoms with Gasteiger partial charge in [0.25, 0.3) is 0 Å². The number of alkyl halides is 1. The lowest BCUT2D eigenvalue weighted by Gasteiger charge is -2.08. The van der Waals surface area contributed by atoms with Crippen LogP contribution in [0.5, 0.6) is 0 Å². The van der Waals surface area contributed by atoms with Gasteiger partial charge >= 0.3 is 0 Å². The molecule has 3 heteroatoms. The van der Waals surface area contributed by atoms with Crippen molar-refractivity contribution in [1.29, 1.82) is 0 Å². The molecule has 1 rings (SSSR count). The van der Waals surface area contributed by atoms with Crippen LogP contribution in [0.1, 0.15) is 18.1 Å². The number of hydrogen-bond acceptors (Lipinski definition) is 2. The van der Waals surface area contributed by atoms with Crippen molar-refractivity contribution in [1.82, 2.24) is 0 Å². The van der Waals surface area contributed by atoms with Gasteiger partial charge in [-0.25, -0.2) is 0 Å². The number of hydrogen-bond donors (Lipinski definition) is 0. The lowest BCUT2D eigenvalue weighted by atomic mass is 10.0. The molecular weight excluding hydrogens is 228 g/mol. The highest BCUT2D eigenvalue weighted by Gasteiger charge is 2.07. The molecule has 1 aromatic carbocycles. The van der Waals surface area contributed by atoms with E-state index in [0.29, 0.717) is 6.42 Å². The summed E-state index contributed by atoms with van der Waals surface area (Å²) in [6.07, 6.45) is 3.45. The molecule has 0 aliphatic heterocycles. The highest BCUT2D eigenvalue weighted by Crippen LogP contribution is 2.20. The van der Waals surface area contributed by atoms with Gasteiger partial charge in [0, 0.05) is 11.3 Å². The van der Waals surface area contributed by atoms with Gasteiger partial charge in [-0.3, -0.25) is 4.79 Å². The lowest BCUT2D eigenvalue weighted by molar-refractivity contribution is -0.116. The van der Waals surface area contributed by atoms with Gasteiger partial charge < -0.3 is 0 Å². The predicted octanol–water partition coefficient (Wildman–Crippen LogP) is 3.32. The summed E-state index contributed by atoms with van der Waals surface area (Å²) in [6, 6.07) is 6.29. The van der Waals surface area contributed by atoms with Crippen molar-refractivity contribution >= 4 is 29.1 Å². The molecule has 0 saturated carbocycles. The maximum absolute atomic E-state index is 11.3. The van der Waals surface area contributed by atoms with Gasteiger partial charge in [0.15, 0.2) is 5.78 Å². The first-order valence-electron chi connectivity index (χ1n) is 4.94. The number of ketones is 1. The number of Topliss-reactive ketones (excluding diaryl/α,β-unsaturated/α-hetero) is 1. The molecule has 0 unspecified atom stereocenters. The maximum Gasteiger partial charge on any atom is 0.151 e. The molecule has 0 saturated heterocycles. The van der Waals surface area contributed by atoms with Crippen LogP contribution in [0, 0.1) is 0 Å². The van der Waals surface area contributed by atoms with Crippen LogP contribution in [-0.4, -0.2) is 17.9 Å². The van der Waals surface area contributed by atoms with E-state index in [1.807, 2.05) is 6.26 Å². The maximum atomic E-state index is 11.3. The molecule has 0 radical (unpaired) electrons. The van der Waals surface area contributed by atoms with Gasteiger partial charge in [0.1, 0.15) is 0 Å². The number of carbonyl (C=O) groups is 1. The molecule has 0 aliphatic rings. The number of rotatable bonds is 5. The predicted molar refractivity (Wildman–Crippen MR) is 67.0 cm³/mol. The minimum absolute atomic E-state index is 0.0876. The molecule has 0 amide bonds. The van der Waals surface area contributed by atoms with Gasteiger partial charge in [-0.05, 0) is 35.9 Å².